The van der Waals surface area contributed by atoms with Crippen molar-refractivity contribution in [2.24, 2.45) is 5.92 Å². The lowest BCUT2D eigenvalue weighted by molar-refractivity contribution is 0.0697. The van der Waals surface area contributed by atoms with Gasteiger partial charge < -0.3 is 10.0 Å². The third-order valence-corrected chi connectivity index (χ3v) is 7.78. The van der Waals surface area contributed by atoms with Gasteiger partial charge in [0.05, 0.1) is 20.7 Å². The second-order valence-electron chi connectivity index (χ2n) is 6.39. The van der Waals surface area contributed by atoms with Gasteiger partial charge in [-0.05, 0) is 65.0 Å². The first-order valence-electron chi connectivity index (χ1n) is 8.17. The van der Waals surface area contributed by atoms with E-state index in [4.69, 9.17) is 0 Å². The first-order chi connectivity index (χ1) is 12.3. The summed E-state index contributed by atoms with van der Waals surface area (Å²) in [6, 6.07) is 7.76. The number of nitrogens with one attached hydrogen (secondary N) is 1. The molecule has 0 bridgehead atoms. The zero-order valence-corrected chi connectivity index (χ0v) is 17.3. The number of halogens is 1. The minimum Gasteiger partial charge on any atom is -0.478 e. The van der Waals surface area contributed by atoms with E-state index in [-0.39, 0.29) is 9.77 Å². The molecule has 2 heterocycles. The van der Waals surface area contributed by atoms with Crippen LogP contribution in [0.1, 0.15) is 30.1 Å². The van der Waals surface area contributed by atoms with Crippen molar-refractivity contribution in [3.8, 4) is 0 Å². The van der Waals surface area contributed by atoms with Gasteiger partial charge in [-0.15, -0.1) is 11.3 Å². The van der Waals surface area contributed by atoms with Gasteiger partial charge >= 0.3 is 5.97 Å². The highest BCUT2D eigenvalue weighted by atomic mass is 79.9. The van der Waals surface area contributed by atoms with Crippen LogP contribution < -0.4 is 9.62 Å². The van der Waals surface area contributed by atoms with E-state index in [1.807, 2.05) is 0 Å². The van der Waals surface area contributed by atoms with Gasteiger partial charge in [0.2, 0.25) is 0 Å². The van der Waals surface area contributed by atoms with Crippen LogP contribution in [0.25, 0.3) is 0 Å². The average molecular weight is 459 g/mol. The van der Waals surface area contributed by atoms with Crippen molar-refractivity contribution < 1.29 is 18.3 Å². The molecule has 1 aliphatic rings. The predicted molar refractivity (Wildman–Crippen MR) is 107 cm³/mol. The number of sulfonamides is 1. The van der Waals surface area contributed by atoms with Crippen LogP contribution in [0.4, 0.5) is 11.4 Å². The first-order valence-corrected chi connectivity index (χ1v) is 11.3. The van der Waals surface area contributed by atoms with Crippen LogP contribution in [0.3, 0.4) is 0 Å². The Kier molecular flexibility index (Phi) is 5.59. The number of hydrogen-bond acceptors (Lipinski definition) is 5. The number of aromatic carboxylic acids is 1. The lowest BCUT2D eigenvalue weighted by Gasteiger charge is -2.34. The van der Waals surface area contributed by atoms with Gasteiger partial charge in [-0.25, -0.2) is 13.2 Å². The molecule has 6 nitrogen and oxygen atoms in total. The van der Waals surface area contributed by atoms with Gasteiger partial charge in [0.15, 0.2) is 0 Å². The van der Waals surface area contributed by atoms with Crippen LogP contribution in [-0.4, -0.2) is 32.6 Å². The van der Waals surface area contributed by atoms with E-state index in [0.29, 0.717) is 21.1 Å². The second kappa shape index (κ2) is 7.58. The summed E-state index contributed by atoms with van der Waals surface area (Å²) in [5, 5.41) is 9.28. The molecule has 0 amide bonds. The van der Waals surface area contributed by atoms with E-state index in [1.54, 1.807) is 12.1 Å². The van der Waals surface area contributed by atoms with Gasteiger partial charge in [0.1, 0.15) is 4.21 Å². The van der Waals surface area contributed by atoms with Gasteiger partial charge in [-0.1, -0.05) is 6.92 Å². The summed E-state index contributed by atoms with van der Waals surface area (Å²) in [6.07, 6.45) is 2.15. The molecule has 9 heteroatoms. The van der Waals surface area contributed by atoms with Crippen LogP contribution in [0.2, 0.25) is 0 Å². The van der Waals surface area contributed by atoms with E-state index in [9.17, 15) is 18.3 Å². The Morgan fingerprint density at radius 3 is 2.73 bits per heavy atom. The summed E-state index contributed by atoms with van der Waals surface area (Å²) in [5.74, 6) is -0.594. The summed E-state index contributed by atoms with van der Waals surface area (Å²) in [4.78, 5) is 13.4. The Morgan fingerprint density at radius 1 is 1.35 bits per heavy atom. The number of thiophene rings is 1. The molecule has 0 radical (unpaired) electrons. The quantitative estimate of drug-likeness (QED) is 0.699. The molecule has 1 aromatic carbocycles. The fraction of sp³-hybridized carbons (Fsp3) is 0.353. The number of anilines is 2. The van der Waals surface area contributed by atoms with Crippen molar-refractivity contribution in [2.75, 3.05) is 22.7 Å². The van der Waals surface area contributed by atoms with Crippen LogP contribution in [0, 0.1) is 5.92 Å². The lowest BCUT2D eigenvalue weighted by atomic mass is 9.99. The van der Waals surface area contributed by atoms with Crippen molar-refractivity contribution >= 4 is 54.6 Å². The SMILES string of the molecule is CC1CCCN(c2ccc(C(=O)O)cc2NS(=O)(=O)c2ccc(Br)s2)C1. The maximum atomic E-state index is 12.7. The molecule has 1 fully saturated rings. The third kappa shape index (κ3) is 4.21. The maximum Gasteiger partial charge on any atom is 0.335 e. The summed E-state index contributed by atoms with van der Waals surface area (Å²) >= 11 is 4.37. The molecule has 3 rings (SSSR count). The minimum atomic E-state index is -3.79. The topological polar surface area (TPSA) is 86.7 Å². The molecule has 0 saturated carbocycles. The number of nitrogens with zero attached hydrogens (tertiary/aromatic N) is 1. The zero-order chi connectivity index (χ0) is 18.9. The predicted octanol–water partition coefficient (Wildman–Crippen LogP) is 4.25. The number of benzene rings is 1. The standard InChI is InChI=1S/C17H19BrN2O4S2/c1-11-3-2-8-20(10-11)14-5-4-12(17(21)22)9-13(14)19-26(23,24)16-7-6-15(18)25-16/h4-7,9,11,19H,2-3,8,10H2,1H3,(H,21,22). The van der Waals surface area contributed by atoms with Gasteiger partial charge in [-0.3, -0.25) is 4.72 Å². The molecule has 0 spiro atoms. The van der Waals surface area contributed by atoms with Crippen LogP contribution >= 0.6 is 27.3 Å². The smallest absolute Gasteiger partial charge is 0.335 e. The highest BCUT2D eigenvalue weighted by Gasteiger charge is 2.24. The van der Waals surface area contributed by atoms with Crippen molar-refractivity contribution in [1.29, 1.82) is 0 Å². The number of hydrogen-bond donors (Lipinski definition) is 2. The molecule has 1 saturated heterocycles. The van der Waals surface area contributed by atoms with Crippen molar-refractivity contribution in [2.45, 2.75) is 24.0 Å². The number of carboxylic acid groups (broad SMARTS) is 1. The molecule has 1 unspecified atom stereocenters. The van der Waals surface area contributed by atoms with Crippen molar-refractivity contribution in [3.63, 3.8) is 0 Å². The zero-order valence-electron chi connectivity index (χ0n) is 14.1. The van der Waals surface area contributed by atoms with Crippen LogP contribution in [0.5, 0.6) is 0 Å². The number of carbonyl (C=O) groups is 1. The molecule has 2 N–H and O–H groups in total. The summed E-state index contributed by atoms with van der Waals surface area (Å²) in [5.41, 5.74) is 1.05. The van der Waals surface area contributed by atoms with Gasteiger partial charge in [0, 0.05) is 13.1 Å². The van der Waals surface area contributed by atoms with E-state index in [1.165, 1.54) is 18.2 Å². The maximum absolute atomic E-state index is 12.7. The summed E-state index contributed by atoms with van der Waals surface area (Å²) in [6.45, 7) is 3.78. The first kappa shape index (κ1) is 19.2. The number of piperidine rings is 1. The molecular formula is C17H19BrN2O4S2. The Bertz CT molecular complexity index is 927. The fourth-order valence-electron chi connectivity index (χ4n) is 3.07. The van der Waals surface area contributed by atoms with Gasteiger partial charge in [-0.2, -0.15) is 0 Å². The normalized spacial score (nSPS) is 17.9. The highest BCUT2D eigenvalue weighted by Crippen LogP contribution is 2.34. The Balaban J connectivity index is 2.00. The Labute approximate surface area is 165 Å². The molecular weight excluding hydrogens is 440 g/mol. The summed E-state index contributed by atoms with van der Waals surface area (Å²) in [7, 11) is -3.79. The Morgan fingerprint density at radius 2 is 2.12 bits per heavy atom. The van der Waals surface area contributed by atoms with E-state index in [0.717, 1.165) is 37.3 Å². The molecule has 26 heavy (non-hydrogen) atoms. The lowest BCUT2D eigenvalue weighted by Crippen LogP contribution is -2.35. The molecule has 1 aromatic heterocycles. The molecule has 1 aliphatic heterocycles. The van der Waals surface area contributed by atoms with Crippen molar-refractivity contribution in [1.82, 2.24) is 0 Å². The van der Waals surface area contributed by atoms with Gasteiger partial charge in [0.25, 0.3) is 10.0 Å². The van der Waals surface area contributed by atoms with Crippen LogP contribution in [-0.2, 0) is 10.0 Å². The number of rotatable bonds is 5. The van der Waals surface area contributed by atoms with E-state index >= 15 is 0 Å². The summed E-state index contributed by atoms with van der Waals surface area (Å²) < 4.78 is 28.9. The van der Waals surface area contributed by atoms with E-state index in [2.05, 4.69) is 32.5 Å². The van der Waals surface area contributed by atoms with E-state index < -0.39 is 16.0 Å². The largest absolute Gasteiger partial charge is 0.478 e. The highest BCUT2D eigenvalue weighted by molar-refractivity contribution is 9.11. The van der Waals surface area contributed by atoms with Crippen molar-refractivity contribution in [3.05, 3.63) is 39.7 Å². The molecule has 2 aromatic rings. The molecule has 1 atom stereocenters. The number of carboxylic acids is 1. The molecule has 140 valence electrons. The van der Waals surface area contributed by atoms with Crippen LogP contribution in [0.15, 0.2) is 38.3 Å². The third-order valence-electron chi connectivity index (χ3n) is 4.30. The fourth-order valence-corrected chi connectivity index (χ4v) is 6.15. The Hall–Kier alpha value is -1.58. The molecule has 0 aliphatic carbocycles. The monoisotopic (exact) mass is 458 g/mol. The minimum absolute atomic E-state index is 0.0452. The second-order valence-corrected chi connectivity index (χ2v) is 10.8. The average Bonchev–Trinajstić information content (AvgIpc) is 3.02.